The van der Waals surface area contributed by atoms with E-state index in [1.54, 1.807) is 7.05 Å². The van der Waals surface area contributed by atoms with Gasteiger partial charge >= 0.3 is 0 Å². The normalized spacial score (nSPS) is 12.3. The van der Waals surface area contributed by atoms with E-state index >= 15 is 0 Å². The van der Waals surface area contributed by atoms with Crippen LogP contribution in [0.1, 0.15) is 39.0 Å². The van der Waals surface area contributed by atoms with Gasteiger partial charge in [0.15, 0.2) is 5.96 Å². The molecule has 0 aromatic carbocycles. The number of guanidine groups is 1. The Balaban J connectivity index is 2.42. The molecule has 0 fully saturated rings. The van der Waals surface area contributed by atoms with Gasteiger partial charge in [-0.25, -0.2) is 0 Å². The molecule has 1 heterocycles. The summed E-state index contributed by atoms with van der Waals surface area (Å²) < 4.78 is 0. The Kier molecular flexibility index (Phi) is 7.88. The van der Waals surface area contributed by atoms with Crippen LogP contribution in [0.4, 0.5) is 0 Å². The zero-order valence-corrected chi connectivity index (χ0v) is 14.8. The first-order valence-electron chi connectivity index (χ1n) is 8.06. The summed E-state index contributed by atoms with van der Waals surface area (Å²) in [6, 6.07) is 5.13. The number of pyridine rings is 1. The van der Waals surface area contributed by atoms with Crippen molar-refractivity contribution in [2.45, 2.75) is 53.2 Å². The van der Waals surface area contributed by atoms with E-state index in [9.17, 15) is 0 Å². The molecule has 0 saturated carbocycles. The molecule has 0 radical (unpaired) electrons. The van der Waals surface area contributed by atoms with E-state index < -0.39 is 0 Å². The zero-order chi connectivity index (χ0) is 16.5. The van der Waals surface area contributed by atoms with Crippen molar-refractivity contribution >= 4 is 5.96 Å². The highest BCUT2D eigenvalue weighted by Gasteiger charge is 2.12. The van der Waals surface area contributed by atoms with Gasteiger partial charge in [-0.15, -0.1) is 0 Å². The predicted octanol–water partition coefficient (Wildman–Crippen LogP) is 2.17. The Morgan fingerprint density at radius 2 is 1.91 bits per heavy atom. The minimum absolute atomic E-state index is 0.549. The first-order chi connectivity index (χ1) is 10.5. The molecule has 1 aromatic rings. The molecule has 2 N–H and O–H groups in total. The van der Waals surface area contributed by atoms with Gasteiger partial charge in [-0.3, -0.25) is 14.9 Å². The number of aryl methyl sites for hydroxylation is 1. The summed E-state index contributed by atoms with van der Waals surface area (Å²) in [7, 11) is 1.79. The lowest BCUT2D eigenvalue weighted by molar-refractivity contribution is 0.178. The summed E-state index contributed by atoms with van der Waals surface area (Å²) in [5.74, 6) is 0.817. The molecule has 0 aliphatic rings. The third-order valence-electron chi connectivity index (χ3n) is 3.75. The number of aliphatic imine (C=N–C) groups is 1. The van der Waals surface area contributed by atoms with E-state index in [2.05, 4.69) is 66.2 Å². The van der Waals surface area contributed by atoms with Crippen LogP contribution in [0.25, 0.3) is 0 Å². The summed E-state index contributed by atoms with van der Waals surface area (Å²) in [6.45, 7) is 13.6. The van der Waals surface area contributed by atoms with Crippen molar-refractivity contribution in [3.05, 3.63) is 29.6 Å². The number of hydrogen-bond donors (Lipinski definition) is 2. The Hall–Kier alpha value is -1.62. The SMILES string of the molecule is CN=C(NCCN(C(C)C)C(C)C)NCc1ncccc1C. The molecule has 5 heteroatoms. The van der Waals surface area contributed by atoms with E-state index in [1.807, 2.05) is 12.3 Å². The second kappa shape index (κ2) is 9.41. The molecule has 0 spiro atoms. The molecule has 0 aliphatic carbocycles. The predicted molar refractivity (Wildman–Crippen MR) is 94.2 cm³/mol. The second-order valence-corrected chi connectivity index (χ2v) is 6.04. The molecule has 1 aromatic heterocycles. The highest BCUT2D eigenvalue weighted by Crippen LogP contribution is 2.03. The first-order valence-corrected chi connectivity index (χ1v) is 8.06. The van der Waals surface area contributed by atoms with Crippen molar-refractivity contribution in [3.63, 3.8) is 0 Å². The van der Waals surface area contributed by atoms with Gasteiger partial charge in [-0.2, -0.15) is 0 Å². The molecular formula is C17H31N5. The van der Waals surface area contributed by atoms with Crippen LogP contribution in [0.3, 0.4) is 0 Å². The quantitative estimate of drug-likeness (QED) is 0.599. The van der Waals surface area contributed by atoms with Crippen LogP contribution in [-0.2, 0) is 6.54 Å². The van der Waals surface area contributed by atoms with Crippen molar-refractivity contribution < 1.29 is 0 Å². The summed E-state index contributed by atoms with van der Waals surface area (Å²) in [5.41, 5.74) is 2.24. The van der Waals surface area contributed by atoms with Crippen LogP contribution >= 0.6 is 0 Å². The van der Waals surface area contributed by atoms with Crippen LogP contribution in [0.15, 0.2) is 23.3 Å². The highest BCUT2D eigenvalue weighted by atomic mass is 15.2. The lowest BCUT2D eigenvalue weighted by atomic mass is 10.2. The summed E-state index contributed by atoms with van der Waals surface area (Å²) in [4.78, 5) is 11.1. The minimum atomic E-state index is 0.549. The fourth-order valence-corrected chi connectivity index (χ4v) is 2.51. The molecule has 0 amide bonds. The van der Waals surface area contributed by atoms with Crippen LogP contribution < -0.4 is 10.6 Å². The van der Waals surface area contributed by atoms with Crippen molar-refractivity contribution in [2.24, 2.45) is 4.99 Å². The van der Waals surface area contributed by atoms with Crippen LogP contribution in [0.2, 0.25) is 0 Å². The monoisotopic (exact) mass is 305 g/mol. The van der Waals surface area contributed by atoms with E-state index in [-0.39, 0.29) is 0 Å². The van der Waals surface area contributed by atoms with Gasteiger partial charge in [-0.1, -0.05) is 6.07 Å². The van der Waals surface area contributed by atoms with E-state index in [1.165, 1.54) is 5.56 Å². The van der Waals surface area contributed by atoms with Crippen molar-refractivity contribution in [3.8, 4) is 0 Å². The number of nitrogens with one attached hydrogen (secondary N) is 2. The summed E-state index contributed by atoms with van der Waals surface area (Å²) >= 11 is 0. The van der Waals surface area contributed by atoms with Gasteiger partial charge in [0, 0.05) is 38.4 Å². The number of hydrogen-bond acceptors (Lipinski definition) is 3. The van der Waals surface area contributed by atoms with E-state index in [0.717, 1.165) is 24.7 Å². The van der Waals surface area contributed by atoms with Gasteiger partial charge in [0.05, 0.1) is 12.2 Å². The topological polar surface area (TPSA) is 52.6 Å². The number of rotatable bonds is 7. The van der Waals surface area contributed by atoms with Crippen molar-refractivity contribution in [2.75, 3.05) is 20.1 Å². The van der Waals surface area contributed by atoms with Gasteiger partial charge in [-0.05, 0) is 46.2 Å². The van der Waals surface area contributed by atoms with Gasteiger partial charge < -0.3 is 10.6 Å². The van der Waals surface area contributed by atoms with Crippen molar-refractivity contribution in [1.82, 2.24) is 20.5 Å². The highest BCUT2D eigenvalue weighted by molar-refractivity contribution is 5.79. The lowest BCUT2D eigenvalue weighted by Gasteiger charge is -2.30. The Labute approximate surface area is 135 Å². The van der Waals surface area contributed by atoms with Gasteiger partial charge in [0.2, 0.25) is 0 Å². The molecule has 5 nitrogen and oxygen atoms in total. The standard InChI is InChI=1S/C17H31N5/c1-13(2)22(14(3)4)11-10-20-17(18-6)21-12-16-15(5)8-7-9-19-16/h7-9,13-14H,10-12H2,1-6H3,(H2,18,20,21). The third kappa shape index (κ3) is 6.02. The average Bonchev–Trinajstić information content (AvgIpc) is 2.47. The fourth-order valence-electron chi connectivity index (χ4n) is 2.51. The zero-order valence-electron chi connectivity index (χ0n) is 14.8. The minimum Gasteiger partial charge on any atom is -0.355 e. The molecule has 124 valence electrons. The largest absolute Gasteiger partial charge is 0.355 e. The van der Waals surface area contributed by atoms with Crippen LogP contribution in [-0.4, -0.2) is 48.1 Å². The molecule has 0 saturated heterocycles. The Morgan fingerprint density at radius 3 is 2.45 bits per heavy atom. The fraction of sp³-hybridized carbons (Fsp3) is 0.647. The molecule has 1 rings (SSSR count). The molecule has 0 bridgehead atoms. The van der Waals surface area contributed by atoms with Gasteiger partial charge in [0.1, 0.15) is 0 Å². The molecule has 0 aliphatic heterocycles. The Morgan fingerprint density at radius 1 is 1.23 bits per heavy atom. The van der Waals surface area contributed by atoms with E-state index in [4.69, 9.17) is 0 Å². The second-order valence-electron chi connectivity index (χ2n) is 6.04. The maximum absolute atomic E-state index is 4.39. The number of nitrogens with zero attached hydrogens (tertiary/aromatic N) is 3. The van der Waals surface area contributed by atoms with Crippen LogP contribution in [0, 0.1) is 6.92 Å². The first kappa shape index (κ1) is 18.4. The maximum atomic E-state index is 4.39. The summed E-state index contributed by atoms with van der Waals surface area (Å²) in [5, 5.41) is 6.69. The van der Waals surface area contributed by atoms with E-state index in [0.29, 0.717) is 18.6 Å². The summed E-state index contributed by atoms with van der Waals surface area (Å²) in [6.07, 6.45) is 1.82. The van der Waals surface area contributed by atoms with Gasteiger partial charge in [0.25, 0.3) is 0 Å². The Bertz CT molecular complexity index is 460. The average molecular weight is 305 g/mol. The third-order valence-corrected chi connectivity index (χ3v) is 3.75. The molecule has 22 heavy (non-hydrogen) atoms. The molecular weight excluding hydrogens is 274 g/mol. The van der Waals surface area contributed by atoms with Crippen LogP contribution in [0.5, 0.6) is 0 Å². The number of aromatic nitrogens is 1. The smallest absolute Gasteiger partial charge is 0.191 e. The molecule has 0 atom stereocenters. The lowest BCUT2D eigenvalue weighted by Crippen LogP contribution is -2.45. The van der Waals surface area contributed by atoms with Crippen molar-refractivity contribution in [1.29, 1.82) is 0 Å². The maximum Gasteiger partial charge on any atom is 0.191 e. The molecule has 0 unspecified atom stereocenters.